The second-order valence-electron chi connectivity index (χ2n) is 11.4. The Morgan fingerprint density at radius 2 is 1.72 bits per heavy atom. The number of rotatable bonds is 7. The molecule has 0 aliphatic carbocycles. The SMILES string of the molecule is COC(=O)C1O[C@H](Oc2cc3c(c4ccccc24)[C@H](CCl)CN3C(=O)c2cc3cc(N)ccc3[nH]2)[C@H](O)[C@@H](OC(C)=O)[C@@H]1OC(C)=O. The summed E-state index contributed by atoms with van der Waals surface area (Å²) in [7, 11) is 1.10. The summed E-state index contributed by atoms with van der Waals surface area (Å²) in [5.74, 6) is -2.66. The van der Waals surface area contributed by atoms with Crippen molar-refractivity contribution in [2.24, 2.45) is 0 Å². The fourth-order valence-corrected chi connectivity index (χ4v) is 6.49. The lowest BCUT2D eigenvalue weighted by molar-refractivity contribution is -0.278. The summed E-state index contributed by atoms with van der Waals surface area (Å²) < 4.78 is 27.5. The number of nitrogens with one attached hydrogen (secondary N) is 1. The molecule has 1 aromatic heterocycles. The molecule has 3 heterocycles. The molecule has 47 heavy (non-hydrogen) atoms. The first kappa shape index (κ1) is 32.1. The topological polar surface area (TPSA) is 180 Å². The molecule has 0 spiro atoms. The second kappa shape index (κ2) is 12.7. The van der Waals surface area contributed by atoms with E-state index in [1.54, 1.807) is 47.4 Å². The van der Waals surface area contributed by atoms with Crippen LogP contribution in [0, 0.1) is 0 Å². The van der Waals surface area contributed by atoms with E-state index in [9.17, 15) is 24.3 Å². The van der Waals surface area contributed by atoms with Gasteiger partial charge in [-0.15, -0.1) is 11.6 Å². The molecule has 1 saturated heterocycles. The van der Waals surface area contributed by atoms with Gasteiger partial charge in [0.1, 0.15) is 11.4 Å². The lowest BCUT2D eigenvalue weighted by Crippen LogP contribution is -2.63. The van der Waals surface area contributed by atoms with E-state index < -0.39 is 48.6 Å². The van der Waals surface area contributed by atoms with E-state index in [0.717, 1.165) is 42.8 Å². The zero-order valence-electron chi connectivity index (χ0n) is 25.6. The van der Waals surface area contributed by atoms with Gasteiger partial charge in [0.25, 0.3) is 5.91 Å². The number of H-pyrrole nitrogens is 1. The minimum absolute atomic E-state index is 0.192. The summed E-state index contributed by atoms with van der Waals surface area (Å²) in [6.45, 7) is 2.48. The lowest BCUT2D eigenvalue weighted by atomic mass is 9.95. The summed E-state index contributed by atoms with van der Waals surface area (Å²) in [6.07, 6.45) is -8.01. The third-order valence-electron chi connectivity index (χ3n) is 8.23. The minimum Gasteiger partial charge on any atom is -0.467 e. The summed E-state index contributed by atoms with van der Waals surface area (Å²) in [4.78, 5) is 55.5. The van der Waals surface area contributed by atoms with E-state index in [1.165, 1.54) is 0 Å². The van der Waals surface area contributed by atoms with Crippen LogP contribution in [0.5, 0.6) is 5.75 Å². The van der Waals surface area contributed by atoms with Crippen LogP contribution >= 0.6 is 11.6 Å². The van der Waals surface area contributed by atoms with Gasteiger partial charge in [0, 0.05) is 60.2 Å². The average Bonchev–Trinajstić information content (AvgIpc) is 3.64. The van der Waals surface area contributed by atoms with Crippen LogP contribution in [0.1, 0.15) is 35.8 Å². The molecule has 0 radical (unpaired) electrons. The molecule has 13 nitrogen and oxygen atoms in total. The summed E-state index contributed by atoms with van der Waals surface area (Å²) in [5, 5.41) is 13.5. The molecule has 3 aromatic carbocycles. The molecule has 246 valence electrons. The fourth-order valence-electron chi connectivity index (χ4n) is 6.24. The molecule has 2 aliphatic rings. The number of nitrogens with two attached hydrogens (primary N) is 1. The van der Waals surface area contributed by atoms with Crippen LogP contribution in [0.2, 0.25) is 0 Å². The molecule has 1 amide bonds. The first-order valence-electron chi connectivity index (χ1n) is 14.7. The molecular formula is C33H32ClN3O10. The van der Waals surface area contributed by atoms with E-state index in [4.69, 9.17) is 41.0 Å². The quantitative estimate of drug-likeness (QED) is 0.114. The highest BCUT2D eigenvalue weighted by molar-refractivity contribution is 6.19. The number of methoxy groups -OCH3 is 1. The van der Waals surface area contributed by atoms with E-state index in [2.05, 4.69) is 4.98 Å². The number of esters is 3. The maximum atomic E-state index is 14.0. The number of fused-ring (bicyclic) bond motifs is 4. The van der Waals surface area contributed by atoms with E-state index in [1.807, 2.05) is 12.1 Å². The number of aliphatic hydroxyl groups excluding tert-OH is 1. The van der Waals surface area contributed by atoms with Crippen molar-refractivity contribution < 1.29 is 48.0 Å². The highest BCUT2D eigenvalue weighted by Crippen LogP contribution is 2.46. The van der Waals surface area contributed by atoms with Crippen molar-refractivity contribution in [2.45, 2.75) is 50.5 Å². The molecule has 6 rings (SSSR count). The molecule has 1 unspecified atom stereocenters. The van der Waals surface area contributed by atoms with Crippen LogP contribution in [0.15, 0.2) is 54.6 Å². The standard InChI is InChI=1S/C33H32ClN3O10/c1-15(38)44-28-27(40)33(47-30(32(42)43-3)29(28)45-16(2)39)46-25-12-24-26(21-7-5-4-6-20(21)25)18(13-34)14-37(24)31(41)23-11-17-10-19(35)8-9-22(17)36-23/h4-12,18,27-30,33,36,40H,13-14,35H2,1-3H3/t18-,27-,28-,29+,30?,33+/m1/s1. The summed E-state index contributed by atoms with van der Waals surface area (Å²) in [6, 6.07) is 16.0. The molecule has 4 N–H and O–H groups in total. The monoisotopic (exact) mass is 665 g/mol. The van der Waals surface area contributed by atoms with Crippen LogP contribution in [0.3, 0.4) is 0 Å². The number of amides is 1. The van der Waals surface area contributed by atoms with Crippen LogP contribution < -0.4 is 15.4 Å². The van der Waals surface area contributed by atoms with Gasteiger partial charge < -0.3 is 44.4 Å². The second-order valence-corrected chi connectivity index (χ2v) is 11.7. The Kier molecular flexibility index (Phi) is 8.70. The number of nitrogen functional groups attached to an aromatic ring is 1. The Bertz CT molecular complexity index is 1890. The molecule has 14 heteroatoms. The summed E-state index contributed by atoms with van der Waals surface area (Å²) >= 11 is 6.45. The third kappa shape index (κ3) is 5.93. The highest BCUT2D eigenvalue weighted by Gasteiger charge is 2.54. The van der Waals surface area contributed by atoms with E-state index >= 15 is 0 Å². The molecule has 1 fully saturated rings. The number of carbonyl (C=O) groups is 4. The number of carbonyl (C=O) groups excluding carboxylic acids is 4. The van der Waals surface area contributed by atoms with Gasteiger partial charge in [0.05, 0.1) is 12.8 Å². The first-order chi connectivity index (χ1) is 22.5. The first-order valence-corrected chi connectivity index (χ1v) is 15.3. The van der Waals surface area contributed by atoms with Gasteiger partial charge in [-0.3, -0.25) is 14.4 Å². The number of halogens is 1. The maximum absolute atomic E-state index is 14.0. The molecular weight excluding hydrogens is 634 g/mol. The van der Waals surface area contributed by atoms with Crippen molar-refractivity contribution in [3.8, 4) is 5.75 Å². The van der Waals surface area contributed by atoms with Gasteiger partial charge in [-0.2, -0.15) is 0 Å². The van der Waals surface area contributed by atoms with Crippen molar-refractivity contribution in [1.29, 1.82) is 0 Å². The number of aromatic nitrogens is 1. The number of nitrogens with zero attached hydrogens (tertiary/aromatic N) is 1. The molecule has 0 saturated carbocycles. The number of aromatic amines is 1. The molecule has 6 atom stereocenters. The van der Waals surface area contributed by atoms with Gasteiger partial charge >= 0.3 is 17.9 Å². The van der Waals surface area contributed by atoms with Gasteiger partial charge in [-0.1, -0.05) is 24.3 Å². The Morgan fingerprint density at radius 1 is 1.02 bits per heavy atom. The summed E-state index contributed by atoms with van der Waals surface area (Å²) in [5.41, 5.74) is 8.96. The maximum Gasteiger partial charge on any atom is 0.339 e. The van der Waals surface area contributed by atoms with Crippen LogP contribution in [0.25, 0.3) is 21.7 Å². The number of anilines is 2. The number of alkyl halides is 1. The Hall–Kier alpha value is -4.85. The van der Waals surface area contributed by atoms with Crippen molar-refractivity contribution in [1.82, 2.24) is 4.98 Å². The predicted molar refractivity (Wildman–Crippen MR) is 170 cm³/mol. The normalized spacial score (nSPS) is 23.7. The number of ether oxygens (including phenoxy) is 5. The number of aliphatic hydroxyl groups is 1. The predicted octanol–water partition coefficient (Wildman–Crippen LogP) is 3.39. The van der Waals surface area contributed by atoms with Gasteiger partial charge in [-0.25, -0.2) is 4.79 Å². The van der Waals surface area contributed by atoms with Crippen molar-refractivity contribution in [3.05, 3.63) is 65.9 Å². The van der Waals surface area contributed by atoms with Gasteiger partial charge in [0.15, 0.2) is 24.4 Å². The smallest absolute Gasteiger partial charge is 0.339 e. The molecule has 0 bridgehead atoms. The number of hydrogen-bond donors (Lipinski definition) is 3. The minimum atomic E-state index is -1.72. The van der Waals surface area contributed by atoms with Gasteiger partial charge in [-0.05, 0) is 35.2 Å². The Labute approximate surface area is 273 Å². The Morgan fingerprint density at radius 3 is 2.40 bits per heavy atom. The molecule has 2 aliphatic heterocycles. The Balaban J connectivity index is 1.42. The van der Waals surface area contributed by atoms with Crippen LogP contribution in [-0.4, -0.2) is 84.1 Å². The zero-order chi connectivity index (χ0) is 33.6. The third-order valence-corrected chi connectivity index (χ3v) is 8.61. The lowest BCUT2D eigenvalue weighted by Gasteiger charge is -2.41. The zero-order valence-corrected chi connectivity index (χ0v) is 26.4. The largest absolute Gasteiger partial charge is 0.467 e. The van der Waals surface area contributed by atoms with Crippen molar-refractivity contribution >= 4 is 68.5 Å². The fraction of sp³-hybridized carbons (Fsp3) is 0.333. The van der Waals surface area contributed by atoms with Gasteiger partial charge in [0.2, 0.25) is 6.29 Å². The van der Waals surface area contributed by atoms with Crippen LogP contribution in [-0.2, 0) is 33.3 Å². The molecule has 4 aromatic rings. The van der Waals surface area contributed by atoms with Crippen molar-refractivity contribution in [2.75, 3.05) is 30.2 Å². The number of benzene rings is 3. The average molecular weight is 666 g/mol. The van der Waals surface area contributed by atoms with Crippen LogP contribution in [0.4, 0.5) is 11.4 Å². The van der Waals surface area contributed by atoms with E-state index in [0.29, 0.717) is 22.5 Å². The highest BCUT2D eigenvalue weighted by atomic mass is 35.5. The number of hydrogen-bond acceptors (Lipinski definition) is 11. The van der Waals surface area contributed by atoms with E-state index in [-0.39, 0.29) is 30.0 Å². The van der Waals surface area contributed by atoms with Crippen molar-refractivity contribution in [3.63, 3.8) is 0 Å².